The van der Waals surface area contributed by atoms with Gasteiger partial charge in [-0.15, -0.1) is 0 Å². The number of rotatable bonds is 7. The molecule has 0 aliphatic carbocycles. The number of carbonyl (C=O) groups is 1. The third-order valence-corrected chi connectivity index (χ3v) is 2.90. The number of azide groups is 1. The number of hydrogen-bond donors (Lipinski definition) is 2. The third kappa shape index (κ3) is 4.25. The minimum absolute atomic E-state index is 0.0448. The van der Waals surface area contributed by atoms with Crippen LogP contribution in [0.5, 0.6) is 0 Å². The molecular weight excluding hydrogens is 280 g/mol. The average Bonchev–Trinajstić information content (AvgIpc) is 2.45. The first-order valence-electron chi connectivity index (χ1n) is 6.04. The SMILES string of the molecule is CC(=O)c1ccc(C(O)C(O)CCN=[N+]=[N-])c([N+](=O)[O-])c1. The number of aliphatic hydroxyl groups excluding tert-OH is 2. The molecule has 0 fully saturated rings. The molecule has 0 aliphatic heterocycles. The summed E-state index contributed by atoms with van der Waals surface area (Å²) < 4.78 is 0. The molecule has 1 aromatic rings. The summed E-state index contributed by atoms with van der Waals surface area (Å²) in [6.45, 7) is 1.22. The maximum Gasteiger partial charge on any atom is 0.276 e. The Morgan fingerprint density at radius 2 is 2.19 bits per heavy atom. The lowest BCUT2D eigenvalue weighted by Gasteiger charge is -2.17. The molecule has 21 heavy (non-hydrogen) atoms. The van der Waals surface area contributed by atoms with Crippen molar-refractivity contribution in [3.8, 4) is 0 Å². The Labute approximate surface area is 119 Å². The van der Waals surface area contributed by atoms with E-state index in [-0.39, 0.29) is 29.9 Å². The van der Waals surface area contributed by atoms with Crippen LogP contribution in [0.2, 0.25) is 0 Å². The predicted octanol–water partition coefficient (Wildman–Crippen LogP) is 1.89. The highest BCUT2D eigenvalue weighted by molar-refractivity contribution is 5.94. The van der Waals surface area contributed by atoms with E-state index in [9.17, 15) is 25.1 Å². The summed E-state index contributed by atoms with van der Waals surface area (Å²) in [7, 11) is 0. The quantitative estimate of drug-likeness (QED) is 0.196. The van der Waals surface area contributed by atoms with Gasteiger partial charge in [0.2, 0.25) is 0 Å². The van der Waals surface area contributed by atoms with Crippen molar-refractivity contribution in [1.29, 1.82) is 0 Å². The second-order valence-electron chi connectivity index (χ2n) is 4.34. The number of aliphatic hydroxyl groups is 2. The van der Waals surface area contributed by atoms with Gasteiger partial charge in [0.25, 0.3) is 5.69 Å². The standard InChI is InChI=1S/C12H14N4O5/c1-7(17)8-2-3-9(10(6-8)16(20)21)12(19)11(18)4-5-14-15-13/h2-3,6,11-12,18-19H,4-5H2,1H3. The normalized spacial score (nSPS) is 13.1. The number of nitro groups is 1. The molecule has 112 valence electrons. The van der Waals surface area contributed by atoms with Crippen LogP contribution in [0.3, 0.4) is 0 Å². The number of benzene rings is 1. The number of hydrogen-bond acceptors (Lipinski definition) is 6. The highest BCUT2D eigenvalue weighted by Gasteiger charge is 2.26. The molecule has 0 bridgehead atoms. The molecule has 2 atom stereocenters. The maximum absolute atomic E-state index is 11.2. The summed E-state index contributed by atoms with van der Waals surface area (Å²) >= 11 is 0. The smallest absolute Gasteiger partial charge is 0.276 e. The molecule has 2 N–H and O–H groups in total. The zero-order valence-electron chi connectivity index (χ0n) is 11.2. The molecule has 0 aliphatic rings. The van der Waals surface area contributed by atoms with Crippen LogP contribution in [0.25, 0.3) is 10.4 Å². The second-order valence-corrected chi connectivity index (χ2v) is 4.34. The Balaban J connectivity index is 3.07. The Morgan fingerprint density at radius 3 is 2.71 bits per heavy atom. The van der Waals surface area contributed by atoms with Gasteiger partial charge in [0.15, 0.2) is 5.78 Å². The minimum Gasteiger partial charge on any atom is -0.390 e. The van der Waals surface area contributed by atoms with Crippen molar-refractivity contribution >= 4 is 11.5 Å². The molecule has 0 saturated heterocycles. The van der Waals surface area contributed by atoms with E-state index in [4.69, 9.17) is 5.53 Å². The van der Waals surface area contributed by atoms with Crippen molar-refractivity contribution in [2.24, 2.45) is 5.11 Å². The first-order chi connectivity index (χ1) is 9.88. The number of carbonyl (C=O) groups excluding carboxylic acids is 1. The molecular formula is C12H14N4O5. The van der Waals surface area contributed by atoms with Crippen LogP contribution >= 0.6 is 0 Å². The summed E-state index contributed by atoms with van der Waals surface area (Å²) in [6, 6.07) is 3.63. The predicted molar refractivity (Wildman–Crippen MR) is 72.7 cm³/mol. The largest absolute Gasteiger partial charge is 0.390 e. The van der Waals surface area contributed by atoms with E-state index >= 15 is 0 Å². The highest BCUT2D eigenvalue weighted by atomic mass is 16.6. The molecule has 9 heteroatoms. The summed E-state index contributed by atoms with van der Waals surface area (Å²) in [5.41, 5.74) is 7.72. The molecule has 9 nitrogen and oxygen atoms in total. The van der Waals surface area contributed by atoms with Gasteiger partial charge >= 0.3 is 0 Å². The zero-order chi connectivity index (χ0) is 16.0. The highest BCUT2D eigenvalue weighted by Crippen LogP contribution is 2.29. The molecule has 1 rings (SSSR count). The van der Waals surface area contributed by atoms with E-state index < -0.39 is 22.8 Å². The van der Waals surface area contributed by atoms with Gasteiger partial charge < -0.3 is 10.2 Å². The molecule has 0 aromatic heterocycles. The Morgan fingerprint density at radius 1 is 1.52 bits per heavy atom. The van der Waals surface area contributed by atoms with E-state index in [1.165, 1.54) is 19.1 Å². The van der Waals surface area contributed by atoms with Crippen LogP contribution in [0.1, 0.15) is 35.4 Å². The van der Waals surface area contributed by atoms with Crippen LogP contribution in [0.4, 0.5) is 5.69 Å². The molecule has 0 spiro atoms. The van der Waals surface area contributed by atoms with Gasteiger partial charge in [-0.25, -0.2) is 0 Å². The minimum atomic E-state index is -1.51. The summed E-state index contributed by atoms with van der Waals surface area (Å²) in [5.74, 6) is -0.344. The number of nitrogens with zero attached hydrogens (tertiary/aromatic N) is 4. The van der Waals surface area contributed by atoms with Crippen LogP contribution in [-0.4, -0.2) is 33.6 Å². The number of ketones is 1. The number of nitro benzene ring substituents is 1. The van der Waals surface area contributed by atoms with E-state index in [1.54, 1.807) is 0 Å². The zero-order valence-corrected chi connectivity index (χ0v) is 11.2. The van der Waals surface area contributed by atoms with Crippen LogP contribution < -0.4 is 0 Å². The molecule has 0 amide bonds. The van der Waals surface area contributed by atoms with Crippen molar-refractivity contribution in [3.05, 3.63) is 49.9 Å². The van der Waals surface area contributed by atoms with Crippen molar-refractivity contribution in [3.63, 3.8) is 0 Å². The Hall–Kier alpha value is -2.48. The lowest BCUT2D eigenvalue weighted by molar-refractivity contribution is -0.386. The van der Waals surface area contributed by atoms with Gasteiger partial charge in [0.05, 0.1) is 16.6 Å². The van der Waals surface area contributed by atoms with Crippen molar-refractivity contribution in [2.75, 3.05) is 6.54 Å². The van der Waals surface area contributed by atoms with Crippen LogP contribution in [0.15, 0.2) is 23.3 Å². The van der Waals surface area contributed by atoms with Gasteiger partial charge in [0, 0.05) is 23.1 Å². The maximum atomic E-state index is 11.2. The fourth-order valence-electron chi connectivity index (χ4n) is 1.77. The van der Waals surface area contributed by atoms with E-state index in [1.807, 2.05) is 0 Å². The van der Waals surface area contributed by atoms with E-state index in [2.05, 4.69) is 10.0 Å². The fourth-order valence-corrected chi connectivity index (χ4v) is 1.77. The molecule has 1 aromatic carbocycles. The van der Waals surface area contributed by atoms with Crippen LogP contribution in [-0.2, 0) is 0 Å². The van der Waals surface area contributed by atoms with Crippen molar-refractivity contribution in [2.45, 2.75) is 25.6 Å². The Kier molecular flexibility index (Phi) is 5.79. The van der Waals surface area contributed by atoms with Gasteiger partial charge in [-0.1, -0.05) is 11.2 Å². The van der Waals surface area contributed by atoms with Gasteiger partial charge in [0.1, 0.15) is 6.10 Å². The van der Waals surface area contributed by atoms with E-state index in [0.29, 0.717) is 0 Å². The third-order valence-electron chi connectivity index (χ3n) is 2.90. The Bertz CT molecular complexity index is 597. The summed E-state index contributed by atoms with van der Waals surface area (Å²) in [6.07, 6.45) is -2.88. The lowest BCUT2D eigenvalue weighted by Crippen LogP contribution is -2.20. The number of Topliss-reactive ketones (excluding diaryl/α,β-unsaturated/α-hetero) is 1. The fraction of sp³-hybridized carbons (Fsp3) is 0.417. The summed E-state index contributed by atoms with van der Waals surface area (Å²) in [5, 5.41) is 34.0. The topological polar surface area (TPSA) is 149 Å². The van der Waals surface area contributed by atoms with Crippen molar-refractivity contribution < 1.29 is 19.9 Å². The van der Waals surface area contributed by atoms with Crippen molar-refractivity contribution in [1.82, 2.24) is 0 Å². The monoisotopic (exact) mass is 294 g/mol. The lowest BCUT2D eigenvalue weighted by atomic mass is 9.98. The van der Waals surface area contributed by atoms with E-state index in [0.717, 1.165) is 6.07 Å². The molecule has 2 unspecified atom stereocenters. The summed E-state index contributed by atoms with van der Waals surface area (Å²) in [4.78, 5) is 24.0. The molecule has 0 radical (unpaired) electrons. The first kappa shape index (κ1) is 16.6. The van der Waals surface area contributed by atoms with Crippen LogP contribution in [0, 0.1) is 10.1 Å². The van der Waals surface area contributed by atoms with Gasteiger partial charge in [-0.3, -0.25) is 14.9 Å². The molecule has 0 saturated carbocycles. The second kappa shape index (κ2) is 7.34. The molecule has 0 heterocycles. The van der Waals surface area contributed by atoms with Gasteiger partial charge in [-0.2, -0.15) is 0 Å². The first-order valence-corrected chi connectivity index (χ1v) is 6.04. The average molecular weight is 294 g/mol. The van der Waals surface area contributed by atoms with Gasteiger partial charge in [-0.05, 0) is 24.9 Å².